The molecule has 1 aliphatic rings. The van der Waals surface area contributed by atoms with Crippen LogP contribution in [0.5, 0.6) is 0 Å². The van der Waals surface area contributed by atoms with Gasteiger partial charge in [0.15, 0.2) is 0 Å². The fourth-order valence-corrected chi connectivity index (χ4v) is 1.87. The Hall–Kier alpha value is -1.23. The highest BCUT2D eigenvalue weighted by molar-refractivity contribution is 5.49. The Balaban J connectivity index is 2.32. The number of pyridine rings is 1. The zero-order valence-corrected chi connectivity index (χ0v) is 9.21. The van der Waals surface area contributed by atoms with Gasteiger partial charge in [0.05, 0.1) is 5.56 Å². The van der Waals surface area contributed by atoms with Crippen LogP contribution in [0.1, 0.15) is 12.5 Å². The molecule has 0 aliphatic carbocycles. The number of anilines is 1. The summed E-state index contributed by atoms with van der Waals surface area (Å²) in [6.07, 6.45) is 1.56. The van der Waals surface area contributed by atoms with Crippen LogP contribution in [0.15, 0.2) is 18.3 Å². The maximum Gasteiger partial charge on any atom is 0.274 e. The lowest BCUT2D eigenvalue weighted by Crippen LogP contribution is -2.44. The van der Waals surface area contributed by atoms with Crippen molar-refractivity contribution in [2.45, 2.75) is 12.8 Å². The highest BCUT2D eigenvalue weighted by Gasteiger charge is 2.30. The summed E-state index contributed by atoms with van der Waals surface area (Å²) in [4.78, 5) is 5.99. The van der Waals surface area contributed by atoms with Crippen molar-refractivity contribution < 1.29 is 8.78 Å². The highest BCUT2D eigenvalue weighted by Crippen LogP contribution is 2.33. The fraction of sp³-hybridized carbons (Fsp3) is 0.545. The lowest BCUT2D eigenvalue weighted by atomic mass is 10.1. The van der Waals surface area contributed by atoms with Crippen molar-refractivity contribution in [3.63, 3.8) is 0 Å². The second-order valence-electron chi connectivity index (χ2n) is 4.00. The van der Waals surface area contributed by atoms with Gasteiger partial charge in [-0.3, -0.25) is 0 Å². The number of alkyl halides is 2. The van der Waals surface area contributed by atoms with Crippen LogP contribution < -0.4 is 10.2 Å². The normalized spacial score (nSPS) is 17.6. The van der Waals surface area contributed by atoms with Gasteiger partial charge in [0, 0.05) is 39.3 Å². The molecule has 16 heavy (non-hydrogen) atoms. The van der Waals surface area contributed by atoms with E-state index in [0.717, 1.165) is 33.1 Å². The van der Waals surface area contributed by atoms with Gasteiger partial charge in [-0.15, -0.1) is 0 Å². The first-order valence-electron chi connectivity index (χ1n) is 5.38. The molecule has 1 fully saturated rings. The number of piperazine rings is 1. The Labute approximate surface area is 93.5 Å². The van der Waals surface area contributed by atoms with E-state index < -0.39 is 5.92 Å². The van der Waals surface area contributed by atoms with Gasteiger partial charge in [-0.25, -0.2) is 13.8 Å². The summed E-state index contributed by atoms with van der Waals surface area (Å²) in [5.74, 6) is -2.43. The van der Waals surface area contributed by atoms with Crippen LogP contribution >= 0.6 is 0 Å². The number of aromatic nitrogens is 1. The minimum absolute atomic E-state index is 0.0110. The summed E-state index contributed by atoms with van der Waals surface area (Å²) in [6.45, 7) is 3.98. The lowest BCUT2D eigenvalue weighted by molar-refractivity contribution is 0.0176. The van der Waals surface area contributed by atoms with Crippen molar-refractivity contribution in [3.05, 3.63) is 23.9 Å². The number of rotatable bonds is 2. The van der Waals surface area contributed by atoms with Crippen LogP contribution in [0.3, 0.4) is 0 Å². The second kappa shape index (κ2) is 4.33. The van der Waals surface area contributed by atoms with Crippen LogP contribution in [0, 0.1) is 0 Å². The molecular formula is C11H15F2N3. The first kappa shape index (κ1) is 11.3. The Bertz CT molecular complexity index is 356. The third kappa shape index (κ3) is 2.29. The van der Waals surface area contributed by atoms with Crippen molar-refractivity contribution >= 4 is 5.82 Å². The number of nitrogens with one attached hydrogen (secondary N) is 1. The molecule has 1 aliphatic heterocycles. The molecule has 88 valence electrons. The van der Waals surface area contributed by atoms with Gasteiger partial charge in [-0.2, -0.15) is 0 Å². The minimum Gasteiger partial charge on any atom is -0.354 e. The second-order valence-corrected chi connectivity index (χ2v) is 4.00. The average molecular weight is 227 g/mol. The molecule has 1 N–H and O–H groups in total. The third-order valence-electron chi connectivity index (χ3n) is 2.68. The first-order valence-corrected chi connectivity index (χ1v) is 5.38. The van der Waals surface area contributed by atoms with E-state index in [4.69, 9.17) is 0 Å². The first-order chi connectivity index (χ1) is 7.59. The molecule has 0 bridgehead atoms. The Morgan fingerprint density at radius 1 is 1.38 bits per heavy atom. The van der Waals surface area contributed by atoms with Gasteiger partial charge in [0.25, 0.3) is 5.92 Å². The Morgan fingerprint density at radius 3 is 2.69 bits per heavy atom. The van der Waals surface area contributed by atoms with E-state index in [0.29, 0.717) is 5.82 Å². The van der Waals surface area contributed by atoms with Crippen molar-refractivity contribution in [3.8, 4) is 0 Å². The van der Waals surface area contributed by atoms with E-state index in [1.54, 1.807) is 12.3 Å². The molecule has 0 amide bonds. The summed E-state index contributed by atoms with van der Waals surface area (Å²) in [7, 11) is 0. The molecule has 0 radical (unpaired) electrons. The van der Waals surface area contributed by atoms with Gasteiger partial charge in [0.2, 0.25) is 0 Å². The fourth-order valence-electron chi connectivity index (χ4n) is 1.87. The van der Waals surface area contributed by atoms with E-state index in [9.17, 15) is 8.78 Å². The Morgan fingerprint density at radius 2 is 2.06 bits per heavy atom. The van der Waals surface area contributed by atoms with E-state index >= 15 is 0 Å². The maximum absolute atomic E-state index is 13.4. The molecule has 0 saturated carbocycles. The summed E-state index contributed by atoms with van der Waals surface area (Å²) in [6, 6.07) is 3.00. The molecular weight excluding hydrogens is 212 g/mol. The van der Waals surface area contributed by atoms with Crippen molar-refractivity contribution in [2.24, 2.45) is 0 Å². The van der Waals surface area contributed by atoms with Gasteiger partial charge in [0.1, 0.15) is 5.82 Å². The van der Waals surface area contributed by atoms with Gasteiger partial charge in [-0.1, -0.05) is 0 Å². The molecule has 1 saturated heterocycles. The van der Waals surface area contributed by atoms with E-state index in [-0.39, 0.29) is 5.56 Å². The minimum atomic E-state index is -2.84. The SMILES string of the molecule is CC(F)(F)c1cccnc1N1CCNCC1. The third-order valence-corrected chi connectivity index (χ3v) is 2.68. The standard InChI is InChI=1S/C11H15F2N3/c1-11(12,13)9-3-2-4-15-10(9)16-7-5-14-6-8-16/h2-4,14H,5-8H2,1H3. The molecule has 0 aromatic carbocycles. The van der Waals surface area contributed by atoms with Crippen LogP contribution in [0.25, 0.3) is 0 Å². The van der Waals surface area contributed by atoms with Gasteiger partial charge < -0.3 is 10.2 Å². The van der Waals surface area contributed by atoms with E-state index in [1.165, 1.54) is 6.07 Å². The van der Waals surface area contributed by atoms with Crippen molar-refractivity contribution in [1.29, 1.82) is 0 Å². The van der Waals surface area contributed by atoms with E-state index in [1.807, 2.05) is 4.90 Å². The molecule has 1 aromatic rings. The number of hydrogen-bond acceptors (Lipinski definition) is 3. The van der Waals surface area contributed by atoms with Gasteiger partial charge >= 0.3 is 0 Å². The molecule has 2 rings (SSSR count). The topological polar surface area (TPSA) is 28.2 Å². The molecule has 2 heterocycles. The number of hydrogen-bond donors (Lipinski definition) is 1. The number of nitrogens with zero attached hydrogens (tertiary/aromatic N) is 2. The lowest BCUT2D eigenvalue weighted by Gasteiger charge is -2.30. The molecule has 0 spiro atoms. The van der Waals surface area contributed by atoms with Crippen LogP contribution in [-0.4, -0.2) is 31.2 Å². The molecule has 1 aromatic heterocycles. The molecule has 0 unspecified atom stereocenters. The molecule has 3 nitrogen and oxygen atoms in total. The molecule has 5 heteroatoms. The largest absolute Gasteiger partial charge is 0.354 e. The van der Waals surface area contributed by atoms with Gasteiger partial charge in [-0.05, 0) is 12.1 Å². The monoisotopic (exact) mass is 227 g/mol. The predicted octanol–water partition coefficient (Wildman–Crippen LogP) is 1.60. The zero-order chi connectivity index (χ0) is 11.6. The molecule has 0 atom stereocenters. The summed E-state index contributed by atoms with van der Waals surface area (Å²) >= 11 is 0. The van der Waals surface area contributed by atoms with Crippen molar-refractivity contribution in [1.82, 2.24) is 10.3 Å². The summed E-state index contributed by atoms with van der Waals surface area (Å²) in [5.41, 5.74) is 0.0110. The average Bonchev–Trinajstić information content (AvgIpc) is 2.29. The van der Waals surface area contributed by atoms with Crippen LogP contribution in [0.2, 0.25) is 0 Å². The smallest absolute Gasteiger partial charge is 0.274 e. The van der Waals surface area contributed by atoms with Crippen LogP contribution in [0.4, 0.5) is 14.6 Å². The number of halogens is 2. The predicted molar refractivity (Wildman–Crippen MR) is 58.9 cm³/mol. The quantitative estimate of drug-likeness (QED) is 0.831. The summed E-state index contributed by atoms with van der Waals surface area (Å²) in [5, 5.41) is 3.19. The van der Waals surface area contributed by atoms with Crippen LogP contribution in [-0.2, 0) is 5.92 Å². The van der Waals surface area contributed by atoms with E-state index in [2.05, 4.69) is 10.3 Å². The van der Waals surface area contributed by atoms with Crippen molar-refractivity contribution in [2.75, 3.05) is 31.1 Å². The highest BCUT2D eigenvalue weighted by atomic mass is 19.3. The summed E-state index contributed by atoms with van der Waals surface area (Å²) < 4.78 is 26.8. The Kier molecular flexibility index (Phi) is 3.05. The maximum atomic E-state index is 13.4. The zero-order valence-electron chi connectivity index (χ0n) is 9.21.